The van der Waals surface area contributed by atoms with Gasteiger partial charge in [0.2, 0.25) is 0 Å². The zero-order valence-electron chi connectivity index (χ0n) is 13.6. The number of nitrogen functional groups attached to an aromatic ring is 1. The molecule has 0 bridgehead atoms. The van der Waals surface area contributed by atoms with Gasteiger partial charge in [0.1, 0.15) is 11.3 Å². The Kier molecular flexibility index (Phi) is 4.93. The maximum absolute atomic E-state index is 12.3. The summed E-state index contributed by atoms with van der Waals surface area (Å²) >= 11 is 0. The highest BCUT2D eigenvalue weighted by Crippen LogP contribution is 2.18. The van der Waals surface area contributed by atoms with Crippen molar-refractivity contribution in [2.24, 2.45) is 0 Å². The normalized spacial score (nSPS) is 11.2. The molecule has 0 fully saturated rings. The smallest absolute Gasteiger partial charge is 0.326 e. The minimum atomic E-state index is -0.188. The Hall–Kier alpha value is -2.64. The Balaban J connectivity index is 1.92. The number of pyridine rings is 1. The van der Waals surface area contributed by atoms with E-state index in [1.165, 1.54) is 0 Å². The number of aromatic amines is 1. The monoisotopic (exact) mass is 327 g/mol. The van der Waals surface area contributed by atoms with Crippen LogP contribution in [0.3, 0.4) is 0 Å². The molecular weight excluding hydrogens is 306 g/mol. The number of aromatic nitrogens is 3. The second kappa shape index (κ2) is 7.29. The van der Waals surface area contributed by atoms with Crippen molar-refractivity contribution >= 4 is 16.9 Å². The SMILES string of the molecule is COCCNCc1cc2c([nH]c(=O)n2Cc2ccccc2)c(N)n1. The van der Waals surface area contributed by atoms with E-state index in [-0.39, 0.29) is 5.69 Å². The van der Waals surface area contributed by atoms with Gasteiger partial charge in [0.25, 0.3) is 0 Å². The lowest BCUT2D eigenvalue weighted by Crippen LogP contribution is -2.20. The molecule has 0 atom stereocenters. The Labute approximate surface area is 139 Å². The second-order valence-corrected chi connectivity index (χ2v) is 5.56. The number of methoxy groups -OCH3 is 1. The van der Waals surface area contributed by atoms with Gasteiger partial charge in [-0.2, -0.15) is 0 Å². The Morgan fingerprint density at radius 1 is 1.33 bits per heavy atom. The zero-order chi connectivity index (χ0) is 16.9. The van der Waals surface area contributed by atoms with Crippen LogP contribution in [0.4, 0.5) is 5.82 Å². The highest BCUT2D eigenvalue weighted by Gasteiger charge is 2.12. The fourth-order valence-corrected chi connectivity index (χ4v) is 2.63. The van der Waals surface area contributed by atoms with Gasteiger partial charge in [0, 0.05) is 20.2 Å². The minimum absolute atomic E-state index is 0.188. The van der Waals surface area contributed by atoms with E-state index in [2.05, 4.69) is 15.3 Å². The van der Waals surface area contributed by atoms with Crippen molar-refractivity contribution in [2.45, 2.75) is 13.1 Å². The average Bonchev–Trinajstić information content (AvgIpc) is 2.90. The molecule has 0 radical (unpaired) electrons. The lowest BCUT2D eigenvalue weighted by Gasteiger charge is -2.08. The van der Waals surface area contributed by atoms with Crippen LogP contribution in [0, 0.1) is 0 Å². The first kappa shape index (κ1) is 16.2. The molecule has 126 valence electrons. The van der Waals surface area contributed by atoms with Gasteiger partial charge < -0.3 is 20.8 Å². The van der Waals surface area contributed by atoms with Gasteiger partial charge in [0.05, 0.1) is 24.4 Å². The van der Waals surface area contributed by atoms with E-state index >= 15 is 0 Å². The largest absolute Gasteiger partial charge is 0.383 e. The summed E-state index contributed by atoms with van der Waals surface area (Å²) in [4.78, 5) is 19.4. The van der Waals surface area contributed by atoms with Crippen LogP contribution in [0.2, 0.25) is 0 Å². The van der Waals surface area contributed by atoms with Crippen LogP contribution in [0.1, 0.15) is 11.3 Å². The van der Waals surface area contributed by atoms with E-state index in [1.54, 1.807) is 11.7 Å². The van der Waals surface area contributed by atoms with Crippen molar-refractivity contribution < 1.29 is 4.74 Å². The van der Waals surface area contributed by atoms with Crippen LogP contribution < -0.4 is 16.7 Å². The van der Waals surface area contributed by atoms with Crippen molar-refractivity contribution in [3.8, 4) is 0 Å². The second-order valence-electron chi connectivity index (χ2n) is 5.56. The summed E-state index contributed by atoms with van der Waals surface area (Å²) in [6.45, 7) is 2.40. The van der Waals surface area contributed by atoms with E-state index < -0.39 is 0 Å². The molecule has 7 nitrogen and oxygen atoms in total. The van der Waals surface area contributed by atoms with E-state index in [0.29, 0.717) is 31.0 Å². The summed E-state index contributed by atoms with van der Waals surface area (Å²) in [5, 5.41) is 3.23. The molecule has 0 aliphatic rings. The molecule has 0 saturated heterocycles. The predicted octanol–water partition coefficient (Wildman–Crippen LogP) is 1.09. The van der Waals surface area contributed by atoms with E-state index in [0.717, 1.165) is 23.3 Å². The Morgan fingerprint density at radius 3 is 2.88 bits per heavy atom. The summed E-state index contributed by atoms with van der Waals surface area (Å²) in [6, 6.07) is 11.7. The number of hydrogen-bond donors (Lipinski definition) is 3. The van der Waals surface area contributed by atoms with Gasteiger partial charge in [0.15, 0.2) is 0 Å². The van der Waals surface area contributed by atoms with Crippen molar-refractivity contribution in [3.63, 3.8) is 0 Å². The number of anilines is 1. The van der Waals surface area contributed by atoms with Crippen LogP contribution in [-0.2, 0) is 17.8 Å². The number of rotatable bonds is 7. The molecule has 0 spiro atoms. The molecule has 0 saturated carbocycles. The molecule has 0 aliphatic carbocycles. The lowest BCUT2D eigenvalue weighted by molar-refractivity contribution is 0.199. The van der Waals surface area contributed by atoms with Crippen molar-refractivity contribution in [1.29, 1.82) is 0 Å². The first-order valence-electron chi connectivity index (χ1n) is 7.80. The zero-order valence-corrected chi connectivity index (χ0v) is 13.6. The predicted molar refractivity (Wildman–Crippen MR) is 93.9 cm³/mol. The molecule has 0 amide bonds. The molecule has 4 N–H and O–H groups in total. The number of nitrogens with zero attached hydrogens (tertiary/aromatic N) is 2. The molecule has 2 aromatic heterocycles. The van der Waals surface area contributed by atoms with Crippen molar-refractivity contribution in [2.75, 3.05) is 26.0 Å². The average molecular weight is 327 g/mol. The summed E-state index contributed by atoms with van der Waals surface area (Å²) in [7, 11) is 1.66. The quantitative estimate of drug-likeness (QED) is 0.564. The van der Waals surface area contributed by atoms with Crippen molar-refractivity contribution in [1.82, 2.24) is 19.9 Å². The molecule has 2 heterocycles. The lowest BCUT2D eigenvalue weighted by atomic mass is 10.2. The van der Waals surface area contributed by atoms with Crippen molar-refractivity contribution in [3.05, 3.63) is 58.1 Å². The molecule has 0 unspecified atom stereocenters. The van der Waals surface area contributed by atoms with E-state index in [1.807, 2.05) is 36.4 Å². The van der Waals surface area contributed by atoms with Gasteiger partial charge in [-0.05, 0) is 11.6 Å². The molecule has 3 aromatic rings. The summed E-state index contributed by atoms with van der Waals surface area (Å²) in [6.07, 6.45) is 0. The van der Waals surface area contributed by atoms with Gasteiger partial charge in [-0.25, -0.2) is 9.78 Å². The van der Waals surface area contributed by atoms with Gasteiger partial charge in [-0.1, -0.05) is 30.3 Å². The molecule has 7 heteroatoms. The number of nitrogens with one attached hydrogen (secondary N) is 2. The Bertz CT molecular complexity index is 870. The fourth-order valence-electron chi connectivity index (χ4n) is 2.63. The first-order valence-corrected chi connectivity index (χ1v) is 7.80. The van der Waals surface area contributed by atoms with E-state index in [4.69, 9.17) is 10.5 Å². The molecule has 1 aromatic carbocycles. The molecule has 3 rings (SSSR count). The molecular formula is C17H21N5O2. The Morgan fingerprint density at radius 2 is 2.12 bits per heavy atom. The van der Waals surface area contributed by atoms with E-state index in [9.17, 15) is 4.79 Å². The van der Waals surface area contributed by atoms with Gasteiger partial charge in [-0.15, -0.1) is 0 Å². The van der Waals surface area contributed by atoms with Crippen LogP contribution in [0.5, 0.6) is 0 Å². The van der Waals surface area contributed by atoms with Crippen LogP contribution >= 0.6 is 0 Å². The standard InChI is InChI=1S/C17H21N5O2/c1-24-8-7-19-10-13-9-14-15(16(18)20-13)21-17(23)22(14)11-12-5-3-2-4-6-12/h2-6,9,19H,7-8,10-11H2,1H3,(H2,18,20)(H,21,23). The maximum Gasteiger partial charge on any atom is 0.326 e. The number of fused-ring (bicyclic) bond motifs is 1. The third-order valence-electron chi connectivity index (χ3n) is 3.82. The van der Waals surface area contributed by atoms with Crippen LogP contribution in [0.25, 0.3) is 11.0 Å². The summed E-state index contributed by atoms with van der Waals surface area (Å²) in [5.74, 6) is 0.333. The third kappa shape index (κ3) is 3.47. The topological polar surface area (TPSA) is 98.0 Å². The highest BCUT2D eigenvalue weighted by molar-refractivity contribution is 5.85. The van der Waals surface area contributed by atoms with Gasteiger partial charge >= 0.3 is 5.69 Å². The molecule has 0 aliphatic heterocycles. The molecule has 24 heavy (non-hydrogen) atoms. The minimum Gasteiger partial charge on any atom is -0.383 e. The number of imidazole rings is 1. The first-order chi connectivity index (χ1) is 11.7. The fraction of sp³-hybridized carbons (Fsp3) is 0.294. The summed E-state index contributed by atoms with van der Waals surface area (Å²) < 4.78 is 6.69. The number of hydrogen-bond acceptors (Lipinski definition) is 5. The highest BCUT2D eigenvalue weighted by atomic mass is 16.5. The number of benzene rings is 1. The number of ether oxygens (including phenoxy) is 1. The van der Waals surface area contributed by atoms with Gasteiger partial charge in [-0.3, -0.25) is 4.57 Å². The third-order valence-corrected chi connectivity index (χ3v) is 3.82. The maximum atomic E-state index is 12.3. The van der Waals surface area contributed by atoms with Crippen LogP contribution in [0.15, 0.2) is 41.2 Å². The number of H-pyrrole nitrogens is 1. The number of nitrogens with two attached hydrogens (primary N) is 1. The van der Waals surface area contributed by atoms with Crippen LogP contribution in [-0.4, -0.2) is 34.8 Å². The summed E-state index contributed by atoms with van der Waals surface area (Å²) in [5.41, 5.74) is 9.01.